The van der Waals surface area contributed by atoms with Crippen molar-refractivity contribution >= 4 is 17.5 Å². The van der Waals surface area contributed by atoms with Crippen LogP contribution in [-0.2, 0) is 0 Å². The van der Waals surface area contributed by atoms with Gasteiger partial charge in [-0.25, -0.2) is 4.98 Å². The summed E-state index contributed by atoms with van der Waals surface area (Å²) in [6, 6.07) is 7.55. The fourth-order valence-corrected chi connectivity index (χ4v) is 4.08. The predicted molar refractivity (Wildman–Crippen MR) is 94.8 cm³/mol. The summed E-state index contributed by atoms with van der Waals surface area (Å²) in [5.41, 5.74) is 1.22. The summed E-state index contributed by atoms with van der Waals surface area (Å²) >= 11 is 6.21. The molecular weight excluding hydrogens is 338 g/mol. The van der Waals surface area contributed by atoms with Crippen LogP contribution in [0.15, 0.2) is 36.7 Å². The molecule has 0 unspecified atom stereocenters. The van der Waals surface area contributed by atoms with E-state index >= 15 is 0 Å². The molecule has 4 rings (SSSR count). The number of ether oxygens (including phenoxy) is 1. The molecule has 3 atom stereocenters. The normalized spacial score (nSPS) is 25.0. The van der Waals surface area contributed by atoms with Crippen molar-refractivity contribution in [2.24, 2.45) is 11.8 Å². The maximum atomic E-state index is 12.7. The van der Waals surface area contributed by atoms with Gasteiger partial charge in [-0.15, -0.1) is 0 Å². The van der Waals surface area contributed by atoms with E-state index in [2.05, 4.69) is 9.97 Å². The molecule has 2 heterocycles. The van der Waals surface area contributed by atoms with Crippen LogP contribution in [0.25, 0.3) is 0 Å². The van der Waals surface area contributed by atoms with Crippen molar-refractivity contribution in [1.29, 1.82) is 0 Å². The first-order valence-electron chi connectivity index (χ1n) is 8.61. The van der Waals surface area contributed by atoms with Crippen LogP contribution in [-0.4, -0.2) is 40.0 Å². The van der Waals surface area contributed by atoms with E-state index in [1.807, 2.05) is 36.1 Å². The van der Waals surface area contributed by atoms with Gasteiger partial charge in [-0.2, -0.15) is 0 Å². The van der Waals surface area contributed by atoms with Crippen molar-refractivity contribution < 1.29 is 9.53 Å². The summed E-state index contributed by atoms with van der Waals surface area (Å²) in [4.78, 5) is 22.9. The van der Waals surface area contributed by atoms with Crippen molar-refractivity contribution in [2.45, 2.75) is 25.9 Å². The second-order valence-corrected chi connectivity index (χ2v) is 7.25. The molecule has 2 aromatic rings. The van der Waals surface area contributed by atoms with Crippen LogP contribution in [0.3, 0.4) is 0 Å². The molecule has 0 radical (unpaired) electrons. The Labute approximate surface area is 152 Å². The minimum Gasteiger partial charge on any atom is -0.489 e. The number of hydrogen-bond acceptors (Lipinski definition) is 4. The molecule has 1 aliphatic heterocycles. The van der Waals surface area contributed by atoms with Gasteiger partial charge >= 0.3 is 0 Å². The zero-order valence-corrected chi connectivity index (χ0v) is 14.8. The Morgan fingerprint density at radius 3 is 2.80 bits per heavy atom. The lowest BCUT2D eigenvalue weighted by Crippen LogP contribution is -2.33. The fourth-order valence-electron chi connectivity index (χ4n) is 3.90. The van der Waals surface area contributed by atoms with E-state index in [1.165, 1.54) is 0 Å². The van der Waals surface area contributed by atoms with E-state index in [-0.39, 0.29) is 12.0 Å². The molecule has 2 fully saturated rings. The molecule has 6 heteroatoms. The number of aryl methyl sites for hydroxylation is 1. The van der Waals surface area contributed by atoms with E-state index in [4.69, 9.17) is 16.3 Å². The lowest BCUT2D eigenvalue weighted by atomic mass is 9.99. The smallest absolute Gasteiger partial charge is 0.274 e. The van der Waals surface area contributed by atoms with Gasteiger partial charge in [-0.05, 0) is 37.8 Å². The van der Waals surface area contributed by atoms with Gasteiger partial charge in [0.2, 0.25) is 0 Å². The third-order valence-corrected chi connectivity index (χ3v) is 5.51. The zero-order valence-electron chi connectivity index (χ0n) is 14.1. The van der Waals surface area contributed by atoms with Gasteiger partial charge in [0.05, 0.1) is 16.9 Å². The van der Waals surface area contributed by atoms with Crippen LogP contribution in [0.2, 0.25) is 5.02 Å². The minimum atomic E-state index is -0.0432. The molecule has 1 aromatic heterocycles. The van der Waals surface area contributed by atoms with Gasteiger partial charge in [0.25, 0.3) is 5.91 Å². The van der Waals surface area contributed by atoms with Crippen molar-refractivity contribution in [3.8, 4) is 5.75 Å². The number of hydrogen-bond donors (Lipinski definition) is 0. The highest BCUT2D eigenvalue weighted by Crippen LogP contribution is 2.41. The monoisotopic (exact) mass is 357 g/mol. The lowest BCUT2D eigenvalue weighted by molar-refractivity contribution is 0.0756. The number of benzene rings is 1. The summed E-state index contributed by atoms with van der Waals surface area (Å²) in [6.07, 6.45) is 5.37. The van der Waals surface area contributed by atoms with Gasteiger partial charge in [0.15, 0.2) is 0 Å². The maximum absolute atomic E-state index is 12.7. The molecular formula is C19H20ClN3O2. The first-order valence-corrected chi connectivity index (χ1v) is 8.98. The first-order chi connectivity index (χ1) is 12.1. The number of halogens is 1. The first kappa shape index (κ1) is 16.3. The molecule has 25 heavy (non-hydrogen) atoms. The number of rotatable bonds is 3. The second kappa shape index (κ2) is 6.64. The molecule has 1 aromatic carbocycles. The minimum absolute atomic E-state index is 0.0432. The Morgan fingerprint density at radius 1 is 1.20 bits per heavy atom. The lowest BCUT2D eigenvalue weighted by Gasteiger charge is -2.22. The Balaban J connectivity index is 1.45. The van der Waals surface area contributed by atoms with Crippen molar-refractivity contribution in [3.05, 3.63) is 53.1 Å². The van der Waals surface area contributed by atoms with E-state index in [9.17, 15) is 4.79 Å². The van der Waals surface area contributed by atoms with Gasteiger partial charge < -0.3 is 9.64 Å². The highest BCUT2D eigenvalue weighted by molar-refractivity contribution is 6.32. The maximum Gasteiger partial charge on any atom is 0.274 e. The third-order valence-electron chi connectivity index (χ3n) is 5.19. The third kappa shape index (κ3) is 3.21. The van der Waals surface area contributed by atoms with Gasteiger partial charge in [0.1, 0.15) is 17.5 Å². The Kier molecular flexibility index (Phi) is 4.34. The Hall–Kier alpha value is -2.14. The standard InChI is InChI=1S/C19H20ClN3O2/c1-12-8-22-16(9-21-12)19(24)23-10-13-6-7-17(14(13)11-23)25-18-5-3-2-4-15(18)20/h2-5,8-9,13-14,17H,6-7,10-11H2,1H3/t13-,14+,17-/m0/s1. The number of amides is 1. The molecule has 0 bridgehead atoms. The average molecular weight is 358 g/mol. The number of para-hydroxylation sites is 1. The van der Waals surface area contributed by atoms with Gasteiger partial charge in [0, 0.05) is 25.2 Å². The summed E-state index contributed by atoms with van der Waals surface area (Å²) in [6.45, 7) is 3.33. The average Bonchev–Trinajstić information content (AvgIpc) is 3.19. The highest BCUT2D eigenvalue weighted by atomic mass is 35.5. The number of carbonyl (C=O) groups excluding carboxylic acids is 1. The molecule has 1 aliphatic carbocycles. The van der Waals surface area contributed by atoms with Crippen LogP contribution in [0.5, 0.6) is 5.75 Å². The zero-order chi connectivity index (χ0) is 17.4. The molecule has 0 spiro atoms. The number of fused-ring (bicyclic) bond motifs is 1. The van der Waals surface area contributed by atoms with Crippen LogP contribution >= 0.6 is 11.6 Å². The Bertz CT molecular complexity index is 780. The molecule has 1 amide bonds. The van der Waals surface area contributed by atoms with Crippen molar-refractivity contribution in [1.82, 2.24) is 14.9 Å². The summed E-state index contributed by atoms with van der Waals surface area (Å²) < 4.78 is 6.17. The van der Waals surface area contributed by atoms with E-state index in [0.29, 0.717) is 29.1 Å². The highest BCUT2D eigenvalue weighted by Gasteiger charge is 2.45. The molecule has 130 valence electrons. The van der Waals surface area contributed by atoms with Crippen LogP contribution < -0.4 is 4.74 Å². The topological polar surface area (TPSA) is 55.3 Å². The van der Waals surface area contributed by atoms with E-state index < -0.39 is 0 Å². The van der Waals surface area contributed by atoms with Crippen molar-refractivity contribution in [3.63, 3.8) is 0 Å². The SMILES string of the molecule is Cc1cnc(C(=O)N2C[C@@H]3CC[C@H](Oc4ccccc4Cl)[C@@H]3C2)cn1. The molecule has 2 aliphatic rings. The summed E-state index contributed by atoms with van der Waals surface area (Å²) in [5, 5.41) is 0.631. The van der Waals surface area contributed by atoms with Gasteiger partial charge in [-0.3, -0.25) is 9.78 Å². The summed E-state index contributed by atoms with van der Waals surface area (Å²) in [5.74, 6) is 1.51. The largest absolute Gasteiger partial charge is 0.489 e. The number of likely N-dealkylation sites (tertiary alicyclic amines) is 1. The van der Waals surface area contributed by atoms with Crippen molar-refractivity contribution in [2.75, 3.05) is 13.1 Å². The van der Waals surface area contributed by atoms with Crippen LogP contribution in [0, 0.1) is 18.8 Å². The molecule has 5 nitrogen and oxygen atoms in total. The fraction of sp³-hybridized carbons (Fsp3) is 0.421. The predicted octanol–water partition coefficient (Wildman–Crippen LogP) is 3.37. The van der Waals surface area contributed by atoms with Crippen LogP contribution in [0.1, 0.15) is 29.0 Å². The Morgan fingerprint density at radius 2 is 2.04 bits per heavy atom. The van der Waals surface area contributed by atoms with E-state index in [1.54, 1.807) is 12.4 Å². The van der Waals surface area contributed by atoms with Gasteiger partial charge in [-0.1, -0.05) is 23.7 Å². The summed E-state index contributed by atoms with van der Waals surface area (Å²) in [7, 11) is 0. The number of nitrogens with zero attached hydrogens (tertiary/aromatic N) is 3. The number of carbonyl (C=O) groups is 1. The molecule has 1 saturated heterocycles. The molecule has 0 N–H and O–H groups in total. The second-order valence-electron chi connectivity index (χ2n) is 6.84. The van der Waals surface area contributed by atoms with Crippen LogP contribution in [0.4, 0.5) is 0 Å². The number of aromatic nitrogens is 2. The van der Waals surface area contributed by atoms with E-state index in [0.717, 1.165) is 30.8 Å². The molecule has 1 saturated carbocycles. The quantitative estimate of drug-likeness (QED) is 0.845.